The molecular weight excluding hydrogens is 574 g/mol. The maximum absolute atomic E-state index is 16.5. The van der Waals surface area contributed by atoms with Crippen LogP contribution in [-0.2, 0) is 5.92 Å². The van der Waals surface area contributed by atoms with E-state index >= 15 is 8.78 Å². The Morgan fingerprint density at radius 2 is 0.891 bits per heavy atom. The van der Waals surface area contributed by atoms with Crippen LogP contribution < -0.4 is 0 Å². The monoisotopic (exact) mass is 598 g/mol. The fourth-order valence-electron chi connectivity index (χ4n) is 6.63. The van der Waals surface area contributed by atoms with Crippen LogP contribution in [-0.4, -0.2) is 19.5 Å². The molecule has 6 aromatic carbocycles. The molecule has 9 rings (SSSR count). The second-order valence-electron chi connectivity index (χ2n) is 11.5. The van der Waals surface area contributed by atoms with Crippen molar-refractivity contribution in [1.29, 1.82) is 0 Å². The molecule has 0 saturated carbocycles. The first-order chi connectivity index (χ1) is 22.6. The van der Waals surface area contributed by atoms with Gasteiger partial charge in [-0.05, 0) is 41.5 Å². The third-order valence-corrected chi connectivity index (χ3v) is 8.79. The fraction of sp³-hybridized carbons (Fsp3) is 0.0250. The molecule has 218 valence electrons. The molecular formula is C40H24F2N4. The van der Waals surface area contributed by atoms with Crippen LogP contribution in [0.1, 0.15) is 11.1 Å². The van der Waals surface area contributed by atoms with Crippen molar-refractivity contribution in [3.8, 4) is 51.0 Å². The Morgan fingerprint density at radius 3 is 1.46 bits per heavy atom. The minimum absolute atomic E-state index is 0.00962. The largest absolute Gasteiger partial charge is 0.309 e. The van der Waals surface area contributed by atoms with Crippen molar-refractivity contribution in [3.05, 3.63) is 157 Å². The number of nitrogens with zero attached hydrogens (tertiary/aromatic N) is 4. The SMILES string of the molecule is FC1(F)c2cc(-c3nc(-c4ccccc4)nc(-c4ccccc4)n3)ccc2-c2ccc(-n3c4ccccc4c4ccccc43)cc21. The minimum Gasteiger partial charge on any atom is -0.309 e. The van der Waals surface area contributed by atoms with E-state index in [1.165, 1.54) is 6.07 Å². The summed E-state index contributed by atoms with van der Waals surface area (Å²) in [7, 11) is 0. The van der Waals surface area contributed by atoms with Gasteiger partial charge in [-0.3, -0.25) is 0 Å². The lowest BCUT2D eigenvalue weighted by molar-refractivity contribution is 0.0480. The van der Waals surface area contributed by atoms with Gasteiger partial charge in [0, 0.05) is 44.3 Å². The summed E-state index contributed by atoms with van der Waals surface area (Å²) in [5.41, 5.74) is 5.77. The first-order valence-electron chi connectivity index (χ1n) is 15.1. The Morgan fingerprint density at radius 1 is 0.435 bits per heavy atom. The van der Waals surface area contributed by atoms with Crippen LogP contribution in [0.3, 0.4) is 0 Å². The van der Waals surface area contributed by atoms with Crippen molar-refractivity contribution >= 4 is 21.8 Å². The van der Waals surface area contributed by atoms with Gasteiger partial charge in [-0.1, -0.05) is 115 Å². The smallest absolute Gasteiger partial charge is 0.299 e. The highest BCUT2D eigenvalue weighted by atomic mass is 19.3. The average Bonchev–Trinajstić information content (AvgIpc) is 3.57. The standard InChI is InChI=1S/C40H24F2N4/c41-40(42)33-23-27(39-44-37(25-11-3-1-4-12-25)43-38(45-39)26-13-5-2-6-14-26)19-21-29(33)30-22-20-28(24-34(30)40)46-35-17-9-7-15-31(35)32-16-8-10-18-36(32)46/h1-24H. The third-order valence-electron chi connectivity index (χ3n) is 8.79. The van der Waals surface area contributed by atoms with Crippen molar-refractivity contribution in [2.45, 2.75) is 5.92 Å². The molecule has 0 bridgehead atoms. The van der Waals surface area contributed by atoms with Gasteiger partial charge in [0.2, 0.25) is 0 Å². The van der Waals surface area contributed by atoms with Gasteiger partial charge in [-0.2, -0.15) is 8.78 Å². The van der Waals surface area contributed by atoms with Crippen LogP contribution in [0, 0.1) is 0 Å². The van der Waals surface area contributed by atoms with E-state index < -0.39 is 5.92 Å². The zero-order valence-corrected chi connectivity index (χ0v) is 24.4. The number of para-hydroxylation sites is 2. The first-order valence-corrected chi connectivity index (χ1v) is 15.1. The van der Waals surface area contributed by atoms with Gasteiger partial charge < -0.3 is 4.57 Å². The van der Waals surface area contributed by atoms with E-state index in [2.05, 4.69) is 16.7 Å². The van der Waals surface area contributed by atoms with Gasteiger partial charge in [0.05, 0.1) is 11.0 Å². The molecule has 2 heterocycles. The Bertz CT molecular complexity index is 2340. The Labute approximate surface area is 263 Å². The van der Waals surface area contributed by atoms with E-state index in [-0.39, 0.29) is 11.1 Å². The highest BCUT2D eigenvalue weighted by Crippen LogP contribution is 2.52. The summed E-state index contributed by atoms with van der Waals surface area (Å²) in [6.07, 6.45) is 0. The Balaban J connectivity index is 1.18. The molecule has 0 spiro atoms. The topological polar surface area (TPSA) is 43.6 Å². The summed E-state index contributed by atoms with van der Waals surface area (Å²) >= 11 is 0. The van der Waals surface area contributed by atoms with Gasteiger partial charge >= 0.3 is 0 Å². The maximum Gasteiger partial charge on any atom is 0.299 e. The molecule has 1 aliphatic carbocycles. The van der Waals surface area contributed by atoms with Crippen molar-refractivity contribution in [1.82, 2.24) is 19.5 Å². The number of rotatable bonds is 4. The summed E-state index contributed by atoms with van der Waals surface area (Å²) in [5.74, 6) is -1.91. The van der Waals surface area contributed by atoms with E-state index in [1.54, 1.807) is 12.1 Å². The predicted molar refractivity (Wildman–Crippen MR) is 179 cm³/mol. The van der Waals surface area contributed by atoms with Crippen LogP contribution in [0.4, 0.5) is 8.78 Å². The summed E-state index contributed by atoms with van der Waals surface area (Å²) in [4.78, 5) is 14.3. The number of fused-ring (bicyclic) bond motifs is 6. The molecule has 46 heavy (non-hydrogen) atoms. The number of aromatic nitrogens is 4. The zero-order valence-electron chi connectivity index (χ0n) is 24.4. The van der Waals surface area contributed by atoms with E-state index in [9.17, 15) is 0 Å². The molecule has 0 aliphatic heterocycles. The molecule has 4 nitrogen and oxygen atoms in total. The molecule has 0 atom stereocenters. The molecule has 0 unspecified atom stereocenters. The molecule has 0 radical (unpaired) electrons. The van der Waals surface area contributed by atoms with Crippen molar-refractivity contribution < 1.29 is 8.78 Å². The molecule has 2 aromatic heterocycles. The van der Waals surface area contributed by atoms with Gasteiger partial charge in [0.15, 0.2) is 17.5 Å². The Kier molecular flexibility index (Phi) is 5.74. The fourth-order valence-corrected chi connectivity index (χ4v) is 6.63. The molecule has 1 aliphatic rings. The van der Waals surface area contributed by atoms with Gasteiger partial charge in [-0.15, -0.1) is 0 Å². The molecule has 0 amide bonds. The molecule has 0 fully saturated rings. The van der Waals surface area contributed by atoms with Gasteiger partial charge in [0.1, 0.15) is 0 Å². The zero-order chi connectivity index (χ0) is 30.8. The highest BCUT2D eigenvalue weighted by molar-refractivity contribution is 6.09. The lowest BCUT2D eigenvalue weighted by atomic mass is 10.0. The predicted octanol–water partition coefficient (Wildman–Crippen LogP) is 10.1. The van der Waals surface area contributed by atoms with Crippen molar-refractivity contribution in [2.75, 3.05) is 0 Å². The normalized spacial score (nSPS) is 13.2. The summed E-state index contributed by atoms with van der Waals surface area (Å²) < 4.78 is 35.1. The molecule has 8 aromatic rings. The average molecular weight is 599 g/mol. The van der Waals surface area contributed by atoms with E-state index in [4.69, 9.17) is 15.0 Å². The second-order valence-corrected chi connectivity index (χ2v) is 11.5. The second kappa shape index (κ2) is 10.0. The van der Waals surface area contributed by atoms with E-state index in [0.29, 0.717) is 39.9 Å². The van der Waals surface area contributed by atoms with Crippen LogP contribution in [0.2, 0.25) is 0 Å². The van der Waals surface area contributed by atoms with Crippen molar-refractivity contribution in [3.63, 3.8) is 0 Å². The highest BCUT2D eigenvalue weighted by Gasteiger charge is 2.45. The minimum atomic E-state index is -3.22. The van der Waals surface area contributed by atoms with Gasteiger partial charge in [-0.25, -0.2) is 15.0 Å². The summed E-state index contributed by atoms with van der Waals surface area (Å²) in [6, 6.07) is 45.9. The summed E-state index contributed by atoms with van der Waals surface area (Å²) in [5, 5.41) is 2.17. The maximum atomic E-state index is 16.5. The molecule has 0 saturated heterocycles. The van der Waals surface area contributed by atoms with Crippen LogP contribution in [0.5, 0.6) is 0 Å². The summed E-state index contributed by atoms with van der Waals surface area (Å²) in [6.45, 7) is 0. The number of hydrogen-bond acceptors (Lipinski definition) is 3. The third kappa shape index (κ3) is 4.00. The number of benzene rings is 6. The molecule has 0 N–H and O–H groups in total. The number of halogens is 2. The number of hydrogen-bond donors (Lipinski definition) is 0. The number of alkyl halides is 2. The van der Waals surface area contributed by atoms with E-state index in [0.717, 1.165) is 32.9 Å². The lowest BCUT2D eigenvalue weighted by Gasteiger charge is -2.15. The molecule has 6 heteroatoms. The van der Waals surface area contributed by atoms with Crippen LogP contribution in [0.15, 0.2) is 146 Å². The first kappa shape index (κ1) is 26.4. The lowest BCUT2D eigenvalue weighted by Crippen LogP contribution is -2.12. The quantitative estimate of drug-likeness (QED) is 0.202. The van der Waals surface area contributed by atoms with Crippen LogP contribution in [0.25, 0.3) is 72.8 Å². The van der Waals surface area contributed by atoms with E-state index in [1.807, 2.05) is 115 Å². The van der Waals surface area contributed by atoms with Crippen molar-refractivity contribution in [2.24, 2.45) is 0 Å². The Hall–Kier alpha value is -6.01. The van der Waals surface area contributed by atoms with Crippen LogP contribution >= 0.6 is 0 Å². The van der Waals surface area contributed by atoms with Gasteiger partial charge in [0.25, 0.3) is 5.92 Å².